The lowest BCUT2D eigenvalue weighted by atomic mass is 10.1. The first-order valence-corrected chi connectivity index (χ1v) is 5.52. The molecule has 0 saturated carbocycles. The third kappa shape index (κ3) is 1.43. The number of aryl methyl sites for hydroxylation is 1. The van der Waals surface area contributed by atoms with Crippen molar-refractivity contribution in [3.05, 3.63) is 39.6 Å². The van der Waals surface area contributed by atoms with Gasteiger partial charge in [-0.25, -0.2) is 0 Å². The first kappa shape index (κ1) is 10.0. The van der Waals surface area contributed by atoms with E-state index in [1.165, 1.54) is 12.1 Å². The Morgan fingerprint density at radius 1 is 1.35 bits per heavy atom. The summed E-state index contributed by atoms with van der Waals surface area (Å²) in [5, 5.41) is 11.4. The summed E-state index contributed by atoms with van der Waals surface area (Å²) < 4.78 is 0. The maximum atomic E-state index is 10.7. The van der Waals surface area contributed by atoms with Crippen molar-refractivity contribution >= 4 is 22.3 Å². The SMILES string of the molecule is Nc1c2c(nc3ccc([N+](=O)[O-])cc13)CCC2. The highest BCUT2D eigenvalue weighted by molar-refractivity contribution is 5.93. The van der Waals surface area contributed by atoms with Gasteiger partial charge in [0.25, 0.3) is 5.69 Å². The number of hydrogen-bond acceptors (Lipinski definition) is 4. The molecule has 0 radical (unpaired) electrons. The van der Waals surface area contributed by atoms with Gasteiger partial charge in [-0.15, -0.1) is 0 Å². The van der Waals surface area contributed by atoms with Gasteiger partial charge < -0.3 is 5.73 Å². The van der Waals surface area contributed by atoms with Crippen LogP contribution in [0.2, 0.25) is 0 Å². The summed E-state index contributed by atoms with van der Waals surface area (Å²) >= 11 is 0. The zero-order valence-corrected chi connectivity index (χ0v) is 9.14. The molecular weight excluding hydrogens is 218 g/mol. The molecule has 0 aliphatic heterocycles. The molecule has 17 heavy (non-hydrogen) atoms. The van der Waals surface area contributed by atoms with Gasteiger partial charge in [0.05, 0.1) is 10.4 Å². The third-order valence-corrected chi connectivity index (χ3v) is 3.25. The molecule has 2 N–H and O–H groups in total. The molecule has 0 spiro atoms. The van der Waals surface area contributed by atoms with Crippen LogP contribution in [0, 0.1) is 10.1 Å². The van der Waals surface area contributed by atoms with Crippen molar-refractivity contribution in [2.24, 2.45) is 0 Å². The van der Waals surface area contributed by atoms with E-state index < -0.39 is 4.92 Å². The first-order chi connectivity index (χ1) is 8.16. The van der Waals surface area contributed by atoms with E-state index in [4.69, 9.17) is 5.73 Å². The van der Waals surface area contributed by atoms with Gasteiger partial charge in [-0.3, -0.25) is 15.1 Å². The van der Waals surface area contributed by atoms with Crippen molar-refractivity contribution in [1.29, 1.82) is 0 Å². The summed E-state index contributed by atoms with van der Waals surface area (Å²) in [6.07, 6.45) is 2.93. The Morgan fingerprint density at radius 2 is 2.18 bits per heavy atom. The second-order valence-corrected chi connectivity index (χ2v) is 4.26. The summed E-state index contributed by atoms with van der Waals surface area (Å²) in [4.78, 5) is 14.8. The molecule has 0 saturated heterocycles. The van der Waals surface area contributed by atoms with Crippen LogP contribution in [0.1, 0.15) is 17.7 Å². The van der Waals surface area contributed by atoms with E-state index in [9.17, 15) is 10.1 Å². The van der Waals surface area contributed by atoms with Crippen LogP contribution >= 0.6 is 0 Å². The van der Waals surface area contributed by atoms with Crippen LogP contribution in [0.3, 0.4) is 0 Å². The van der Waals surface area contributed by atoms with Gasteiger partial charge in [-0.05, 0) is 30.9 Å². The van der Waals surface area contributed by atoms with Crippen molar-refractivity contribution in [3.8, 4) is 0 Å². The molecule has 0 atom stereocenters. The fourth-order valence-electron chi connectivity index (χ4n) is 2.40. The van der Waals surface area contributed by atoms with Crippen LogP contribution in [0.4, 0.5) is 11.4 Å². The zero-order valence-electron chi connectivity index (χ0n) is 9.14. The molecule has 1 aromatic heterocycles. The standard InChI is InChI=1S/C12H11N3O2/c13-12-8-2-1-3-10(8)14-11-5-4-7(15(16)17)6-9(11)12/h4-6H,1-3H2,(H2,13,14). The number of pyridine rings is 1. The molecule has 0 fully saturated rings. The Balaban J connectivity index is 2.33. The van der Waals surface area contributed by atoms with Crippen LogP contribution in [-0.4, -0.2) is 9.91 Å². The number of anilines is 1. The number of aromatic nitrogens is 1. The number of nitrogens with two attached hydrogens (primary N) is 1. The fraction of sp³-hybridized carbons (Fsp3) is 0.250. The average Bonchev–Trinajstić information content (AvgIpc) is 2.77. The zero-order chi connectivity index (χ0) is 12.0. The maximum absolute atomic E-state index is 10.7. The van der Waals surface area contributed by atoms with Crippen molar-refractivity contribution in [3.63, 3.8) is 0 Å². The topological polar surface area (TPSA) is 82.0 Å². The molecule has 2 aromatic rings. The van der Waals surface area contributed by atoms with Crippen molar-refractivity contribution in [2.45, 2.75) is 19.3 Å². The van der Waals surface area contributed by atoms with Crippen molar-refractivity contribution in [1.82, 2.24) is 4.98 Å². The van der Waals surface area contributed by atoms with E-state index >= 15 is 0 Å². The number of nitrogen functional groups attached to an aromatic ring is 1. The van der Waals surface area contributed by atoms with Crippen molar-refractivity contribution in [2.75, 3.05) is 5.73 Å². The van der Waals surface area contributed by atoms with Crippen LogP contribution in [0.25, 0.3) is 10.9 Å². The molecule has 1 heterocycles. The van der Waals surface area contributed by atoms with Gasteiger partial charge >= 0.3 is 0 Å². The van der Waals surface area contributed by atoms with E-state index in [1.807, 2.05) is 0 Å². The van der Waals surface area contributed by atoms with E-state index in [0.717, 1.165) is 36.0 Å². The smallest absolute Gasteiger partial charge is 0.270 e. The lowest BCUT2D eigenvalue weighted by molar-refractivity contribution is -0.384. The molecule has 5 nitrogen and oxygen atoms in total. The summed E-state index contributed by atoms with van der Waals surface area (Å²) in [7, 11) is 0. The normalized spacial score (nSPS) is 13.9. The fourth-order valence-corrected chi connectivity index (χ4v) is 2.40. The van der Waals surface area contributed by atoms with Gasteiger partial charge in [-0.1, -0.05) is 0 Å². The average molecular weight is 229 g/mol. The van der Waals surface area contributed by atoms with Gasteiger partial charge in [-0.2, -0.15) is 0 Å². The number of hydrogen-bond donors (Lipinski definition) is 1. The molecule has 1 aliphatic rings. The van der Waals surface area contributed by atoms with Gasteiger partial charge in [0.15, 0.2) is 0 Å². The highest BCUT2D eigenvalue weighted by Gasteiger charge is 2.19. The number of non-ortho nitro benzene ring substituents is 1. The molecule has 3 rings (SSSR count). The summed E-state index contributed by atoms with van der Waals surface area (Å²) in [6.45, 7) is 0. The predicted octanol–water partition coefficient (Wildman–Crippen LogP) is 2.21. The molecule has 1 aliphatic carbocycles. The number of nitro groups is 1. The Hall–Kier alpha value is -2.17. The predicted molar refractivity (Wildman–Crippen MR) is 64.8 cm³/mol. The number of nitro benzene ring substituents is 1. The van der Waals surface area contributed by atoms with Gasteiger partial charge in [0.1, 0.15) is 0 Å². The highest BCUT2D eigenvalue weighted by atomic mass is 16.6. The summed E-state index contributed by atoms with van der Waals surface area (Å²) in [6, 6.07) is 4.65. The molecule has 0 bridgehead atoms. The lowest BCUT2D eigenvalue weighted by Gasteiger charge is -2.07. The largest absolute Gasteiger partial charge is 0.398 e. The number of fused-ring (bicyclic) bond motifs is 2. The van der Waals surface area contributed by atoms with E-state index in [0.29, 0.717) is 11.1 Å². The Kier molecular flexibility index (Phi) is 2.01. The molecular formula is C12H11N3O2. The molecule has 86 valence electrons. The minimum absolute atomic E-state index is 0.0592. The van der Waals surface area contributed by atoms with E-state index in [-0.39, 0.29) is 5.69 Å². The van der Waals surface area contributed by atoms with Crippen LogP contribution < -0.4 is 5.73 Å². The van der Waals surface area contributed by atoms with Crippen LogP contribution in [0.15, 0.2) is 18.2 Å². The van der Waals surface area contributed by atoms with Gasteiger partial charge in [0.2, 0.25) is 0 Å². The highest BCUT2D eigenvalue weighted by Crippen LogP contribution is 2.33. The molecule has 1 aromatic carbocycles. The van der Waals surface area contributed by atoms with E-state index in [1.54, 1.807) is 6.07 Å². The van der Waals surface area contributed by atoms with Crippen molar-refractivity contribution < 1.29 is 4.92 Å². The Labute approximate surface area is 97.4 Å². The minimum Gasteiger partial charge on any atom is -0.398 e. The van der Waals surface area contributed by atoms with Crippen LogP contribution in [-0.2, 0) is 12.8 Å². The van der Waals surface area contributed by atoms with Crippen LogP contribution in [0.5, 0.6) is 0 Å². The Bertz CT molecular complexity index is 637. The quantitative estimate of drug-likeness (QED) is 0.600. The lowest BCUT2D eigenvalue weighted by Crippen LogP contribution is -1.99. The molecule has 0 amide bonds. The number of rotatable bonds is 1. The second kappa shape index (κ2) is 3.41. The maximum Gasteiger partial charge on any atom is 0.270 e. The minimum atomic E-state index is -0.411. The van der Waals surface area contributed by atoms with Gasteiger partial charge in [0, 0.05) is 28.9 Å². The molecule has 0 unspecified atom stereocenters. The summed E-state index contributed by atoms with van der Waals surface area (Å²) in [5.41, 5.74) is 9.65. The monoisotopic (exact) mass is 229 g/mol. The van der Waals surface area contributed by atoms with E-state index in [2.05, 4.69) is 4.98 Å². The summed E-state index contributed by atoms with van der Waals surface area (Å²) in [5.74, 6) is 0. The first-order valence-electron chi connectivity index (χ1n) is 5.52. The number of nitrogens with zero attached hydrogens (tertiary/aromatic N) is 2. The number of benzene rings is 1. The second-order valence-electron chi connectivity index (χ2n) is 4.26. The third-order valence-electron chi connectivity index (χ3n) is 3.25. The Morgan fingerprint density at radius 3 is 2.94 bits per heavy atom. The molecule has 5 heteroatoms.